The van der Waals surface area contributed by atoms with Crippen molar-refractivity contribution in [1.29, 1.82) is 0 Å². The summed E-state index contributed by atoms with van der Waals surface area (Å²) in [4.78, 5) is 21.3. The highest BCUT2D eigenvalue weighted by Crippen LogP contribution is 2.06. The molecule has 0 unspecified atom stereocenters. The van der Waals surface area contributed by atoms with Gasteiger partial charge in [0, 0.05) is 7.05 Å². The highest BCUT2D eigenvalue weighted by atomic mass is 16.5. The second-order valence-electron chi connectivity index (χ2n) is 1.95. The van der Waals surface area contributed by atoms with E-state index in [-0.39, 0.29) is 11.3 Å². The molecule has 2 N–H and O–H groups in total. The molecule has 0 aliphatic carbocycles. The number of amides is 1. The molecule has 64 valence electrons. The molecule has 1 heterocycles. The van der Waals surface area contributed by atoms with Gasteiger partial charge in [-0.15, -0.1) is 0 Å². The van der Waals surface area contributed by atoms with Crippen molar-refractivity contribution < 1.29 is 19.2 Å². The van der Waals surface area contributed by atoms with E-state index in [2.05, 4.69) is 15.0 Å². The standard InChI is InChI=1S/C6H6N2O4/c1-7-5(9)4-3(6(10)11)2-8-12-4/h2H,1H3,(H,7,9)(H,10,11). The predicted octanol–water partition coefficient (Wildman–Crippen LogP) is -0.268. The Morgan fingerprint density at radius 3 is 2.83 bits per heavy atom. The number of aromatic nitrogens is 1. The Morgan fingerprint density at radius 2 is 2.33 bits per heavy atom. The number of rotatable bonds is 2. The third-order valence-electron chi connectivity index (χ3n) is 1.23. The van der Waals surface area contributed by atoms with E-state index in [1.54, 1.807) is 0 Å². The molecule has 0 aliphatic rings. The van der Waals surface area contributed by atoms with E-state index in [0.29, 0.717) is 0 Å². The molecule has 0 aliphatic heterocycles. The van der Waals surface area contributed by atoms with Crippen LogP contribution in [0.5, 0.6) is 0 Å². The van der Waals surface area contributed by atoms with Crippen LogP contribution in [0.25, 0.3) is 0 Å². The van der Waals surface area contributed by atoms with Gasteiger partial charge in [-0.05, 0) is 0 Å². The number of nitrogens with one attached hydrogen (secondary N) is 1. The molecule has 0 radical (unpaired) electrons. The Labute approximate surface area is 67.2 Å². The minimum Gasteiger partial charge on any atom is -0.477 e. The Hall–Kier alpha value is -1.85. The second-order valence-corrected chi connectivity index (χ2v) is 1.95. The summed E-state index contributed by atoms with van der Waals surface area (Å²) < 4.78 is 4.44. The average molecular weight is 170 g/mol. The zero-order valence-electron chi connectivity index (χ0n) is 6.20. The van der Waals surface area contributed by atoms with Gasteiger partial charge in [0.1, 0.15) is 5.56 Å². The molecule has 0 atom stereocenters. The first kappa shape index (κ1) is 8.25. The van der Waals surface area contributed by atoms with Gasteiger partial charge in [-0.1, -0.05) is 5.16 Å². The molecule has 0 saturated carbocycles. The molecule has 6 heteroatoms. The summed E-state index contributed by atoms with van der Waals surface area (Å²) in [6.45, 7) is 0. The monoisotopic (exact) mass is 170 g/mol. The van der Waals surface area contributed by atoms with Gasteiger partial charge in [0.05, 0.1) is 6.20 Å². The molecule has 0 spiro atoms. The highest BCUT2D eigenvalue weighted by Gasteiger charge is 2.20. The van der Waals surface area contributed by atoms with Gasteiger partial charge >= 0.3 is 5.97 Å². The molecule has 0 saturated heterocycles. The van der Waals surface area contributed by atoms with E-state index in [0.717, 1.165) is 6.20 Å². The van der Waals surface area contributed by atoms with Gasteiger partial charge < -0.3 is 14.9 Å². The topological polar surface area (TPSA) is 92.4 Å². The number of aromatic carboxylic acids is 1. The van der Waals surface area contributed by atoms with Crippen LogP contribution in [0, 0.1) is 0 Å². The van der Waals surface area contributed by atoms with E-state index in [1.807, 2.05) is 0 Å². The van der Waals surface area contributed by atoms with Gasteiger partial charge in [-0.25, -0.2) is 4.79 Å². The quantitative estimate of drug-likeness (QED) is 0.637. The number of hydrogen-bond donors (Lipinski definition) is 2. The molecule has 1 aromatic rings. The average Bonchev–Trinajstić information content (AvgIpc) is 2.50. The first-order valence-electron chi connectivity index (χ1n) is 3.07. The summed E-state index contributed by atoms with van der Waals surface area (Å²) in [5.41, 5.74) is -0.241. The summed E-state index contributed by atoms with van der Waals surface area (Å²) in [7, 11) is 1.37. The van der Waals surface area contributed by atoms with Crippen LogP contribution in [0.2, 0.25) is 0 Å². The lowest BCUT2D eigenvalue weighted by molar-refractivity contribution is 0.0688. The number of carboxylic acid groups (broad SMARTS) is 1. The molecule has 12 heavy (non-hydrogen) atoms. The Kier molecular flexibility index (Phi) is 2.09. The van der Waals surface area contributed by atoms with Crippen molar-refractivity contribution in [2.45, 2.75) is 0 Å². The number of carbonyl (C=O) groups excluding carboxylic acids is 1. The van der Waals surface area contributed by atoms with E-state index in [9.17, 15) is 9.59 Å². The minimum atomic E-state index is -1.24. The fraction of sp³-hybridized carbons (Fsp3) is 0.167. The van der Waals surface area contributed by atoms with Crippen molar-refractivity contribution in [1.82, 2.24) is 10.5 Å². The number of hydrogen-bond acceptors (Lipinski definition) is 4. The Bertz CT molecular complexity index is 317. The molecule has 0 bridgehead atoms. The zero-order chi connectivity index (χ0) is 9.14. The molecular formula is C6H6N2O4. The largest absolute Gasteiger partial charge is 0.477 e. The fourth-order valence-electron chi connectivity index (χ4n) is 0.669. The van der Waals surface area contributed by atoms with Gasteiger partial charge in [0.15, 0.2) is 0 Å². The van der Waals surface area contributed by atoms with Crippen LogP contribution in [0.15, 0.2) is 10.7 Å². The molecular weight excluding hydrogens is 164 g/mol. The maximum atomic E-state index is 10.9. The Balaban J connectivity index is 3.07. The van der Waals surface area contributed by atoms with Gasteiger partial charge in [-0.2, -0.15) is 0 Å². The fourth-order valence-corrected chi connectivity index (χ4v) is 0.669. The van der Waals surface area contributed by atoms with Gasteiger partial charge in [-0.3, -0.25) is 4.79 Å². The van der Waals surface area contributed by atoms with Crippen LogP contribution in [-0.2, 0) is 0 Å². The molecule has 6 nitrogen and oxygen atoms in total. The number of carbonyl (C=O) groups is 2. The molecule has 0 fully saturated rings. The maximum absolute atomic E-state index is 10.9. The van der Waals surface area contributed by atoms with Crippen molar-refractivity contribution in [2.75, 3.05) is 7.05 Å². The second kappa shape index (κ2) is 3.04. The minimum absolute atomic E-state index is 0.241. The summed E-state index contributed by atoms with van der Waals surface area (Å²) >= 11 is 0. The van der Waals surface area contributed by atoms with Crippen LogP contribution >= 0.6 is 0 Å². The van der Waals surface area contributed by atoms with Crippen LogP contribution in [0.4, 0.5) is 0 Å². The van der Waals surface area contributed by atoms with Crippen LogP contribution < -0.4 is 5.32 Å². The van der Waals surface area contributed by atoms with E-state index < -0.39 is 11.9 Å². The lowest BCUT2D eigenvalue weighted by atomic mass is 10.2. The summed E-state index contributed by atoms with van der Waals surface area (Å²) in [6.07, 6.45) is 0.979. The van der Waals surface area contributed by atoms with Crippen LogP contribution in [-0.4, -0.2) is 29.2 Å². The van der Waals surface area contributed by atoms with Crippen molar-refractivity contribution >= 4 is 11.9 Å². The third-order valence-corrected chi connectivity index (χ3v) is 1.23. The number of nitrogens with zero attached hydrogens (tertiary/aromatic N) is 1. The first-order valence-corrected chi connectivity index (χ1v) is 3.07. The lowest BCUT2D eigenvalue weighted by Gasteiger charge is -1.93. The molecule has 1 rings (SSSR count). The normalized spacial score (nSPS) is 9.42. The Morgan fingerprint density at radius 1 is 1.67 bits per heavy atom. The SMILES string of the molecule is CNC(=O)c1oncc1C(=O)O. The van der Waals surface area contributed by atoms with E-state index in [4.69, 9.17) is 5.11 Å². The van der Waals surface area contributed by atoms with Crippen molar-refractivity contribution in [2.24, 2.45) is 0 Å². The third kappa shape index (κ3) is 1.26. The summed E-state index contributed by atoms with van der Waals surface area (Å²) in [6, 6.07) is 0. The maximum Gasteiger partial charge on any atom is 0.341 e. The first-order chi connectivity index (χ1) is 5.66. The molecule has 1 aromatic heterocycles. The molecule has 1 amide bonds. The molecule has 0 aromatic carbocycles. The highest BCUT2D eigenvalue weighted by molar-refractivity contribution is 6.02. The van der Waals surface area contributed by atoms with E-state index in [1.165, 1.54) is 7.05 Å². The van der Waals surface area contributed by atoms with Crippen molar-refractivity contribution in [3.8, 4) is 0 Å². The zero-order valence-corrected chi connectivity index (χ0v) is 6.20. The predicted molar refractivity (Wildman–Crippen MR) is 36.9 cm³/mol. The summed E-state index contributed by atoms with van der Waals surface area (Å²) in [5.74, 6) is -2.13. The summed E-state index contributed by atoms with van der Waals surface area (Å²) in [5, 5.41) is 13.9. The van der Waals surface area contributed by atoms with Crippen LogP contribution in [0.3, 0.4) is 0 Å². The smallest absolute Gasteiger partial charge is 0.341 e. The lowest BCUT2D eigenvalue weighted by Crippen LogP contribution is -2.19. The van der Waals surface area contributed by atoms with Crippen molar-refractivity contribution in [3.05, 3.63) is 17.5 Å². The van der Waals surface area contributed by atoms with Gasteiger partial charge in [0.25, 0.3) is 5.91 Å². The van der Waals surface area contributed by atoms with E-state index >= 15 is 0 Å². The number of carboxylic acids is 1. The van der Waals surface area contributed by atoms with Crippen molar-refractivity contribution in [3.63, 3.8) is 0 Å². The van der Waals surface area contributed by atoms with Crippen LogP contribution in [0.1, 0.15) is 20.9 Å². The van der Waals surface area contributed by atoms with Gasteiger partial charge in [0.2, 0.25) is 5.76 Å².